The first kappa shape index (κ1) is 30.0. The van der Waals surface area contributed by atoms with Gasteiger partial charge in [0.2, 0.25) is 17.7 Å². The van der Waals surface area contributed by atoms with Crippen molar-refractivity contribution in [2.45, 2.75) is 51.7 Å². The van der Waals surface area contributed by atoms with Gasteiger partial charge in [-0.05, 0) is 38.5 Å². The molecular formula is C31H41N5O5. The number of rotatable bonds is 5. The average Bonchev–Trinajstić information content (AvgIpc) is 2.98. The fourth-order valence-electron chi connectivity index (χ4n) is 5.29. The zero-order valence-electron chi connectivity index (χ0n) is 24.2. The molecule has 2 heterocycles. The lowest BCUT2D eigenvalue weighted by Gasteiger charge is -2.38. The summed E-state index contributed by atoms with van der Waals surface area (Å²) in [6, 6.07) is 14.7. The molecular weight excluding hydrogens is 522 g/mol. The lowest BCUT2D eigenvalue weighted by molar-refractivity contribution is -0.139. The quantitative estimate of drug-likeness (QED) is 0.573. The van der Waals surface area contributed by atoms with Gasteiger partial charge >= 0.3 is 0 Å². The van der Waals surface area contributed by atoms with Crippen molar-refractivity contribution in [1.82, 2.24) is 25.3 Å². The monoisotopic (exact) mass is 563 g/mol. The summed E-state index contributed by atoms with van der Waals surface area (Å²) in [7, 11) is 0. The molecule has 0 saturated carbocycles. The standard InChI is InChI=1S/C31H41N5O5/c1-4-34-18-19-41-27-13-9-8-12-24(27)29(38)33-26(31(40)36-16-14-35(15-17-36)22(2)3)21-28(37)32-25(30(34)39)20-23-10-6-5-7-11-23/h5-13,22,25-26H,4,14-21H2,1-3H3,(H,32,37)(H,33,38)/t25-,26+/m1/s1. The van der Waals surface area contributed by atoms with Crippen molar-refractivity contribution < 1.29 is 23.9 Å². The van der Waals surface area contributed by atoms with Crippen molar-refractivity contribution in [2.75, 3.05) is 45.9 Å². The molecule has 2 aliphatic heterocycles. The summed E-state index contributed by atoms with van der Waals surface area (Å²) in [5.74, 6) is -1.16. The molecule has 0 bridgehead atoms. The first-order valence-corrected chi connectivity index (χ1v) is 14.4. The van der Waals surface area contributed by atoms with E-state index >= 15 is 0 Å². The van der Waals surface area contributed by atoms with Crippen LogP contribution >= 0.6 is 0 Å². The van der Waals surface area contributed by atoms with E-state index in [1.165, 1.54) is 0 Å². The maximum absolute atomic E-state index is 13.7. The third kappa shape index (κ3) is 7.85. The SMILES string of the molecule is CCN1CCOc2ccccc2C(=O)N[C@H](C(=O)N2CCN(C(C)C)CC2)CC(=O)N[C@H](Cc2ccccc2)C1=O. The maximum Gasteiger partial charge on any atom is 0.255 e. The molecule has 2 aromatic carbocycles. The van der Waals surface area contributed by atoms with Gasteiger partial charge in [-0.1, -0.05) is 42.5 Å². The van der Waals surface area contributed by atoms with Crippen LogP contribution in [0, 0.1) is 0 Å². The largest absolute Gasteiger partial charge is 0.491 e. The van der Waals surface area contributed by atoms with Crippen LogP contribution in [0.5, 0.6) is 5.75 Å². The van der Waals surface area contributed by atoms with Gasteiger partial charge in [0.05, 0.1) is 18.5 Å². The third-order valence-corrected chi connectivity index (χ3v) is 7.71. The van der Waals surface area contributed by atoms with Gasteiger partial charge in [0.1, 0.15) is 24.4 Å². The molecule has 2 aliphatic rings. The van der Waals surface area contributed by atoms with Crippen molar-refractivity contribution in [3.8, 4) is 5.75 Å². The molecule has 0 aromatic heterocycles. The van der Waals surface area contributed by atoms with Crippen LogP contribution in [0.1, 0.15) is 43.1 Å². The Balaban J connectivity index is 1.62. The van der Waals surface area contributed by atoms with Gasteiger partial charge in [-0.2, -0.15) is 0 Å². The summed E-state index contributed by atoms with van der Waals surface area (Å²) in [6.45, 7) is 9.43. The summed E-state index contributed by atoms with van der Waals surface area (Å²) in [5.41, 5.74) is 1.17. The third-order valence-electron chi connectivity index (χ3n) is 7.71. The number of carbonyl (C=O) groups is 4. The van der Waals surface area contributed by atoms with Gasteiger partial charge in [-0.15, -0.1) is 0 Å². The van der Waals surface area contributed by atoms with Gasteiger partial charge in [0.15, 0.2) is 0 Å². The summed E-state index contributed by atoms with van der Waals surface area (Å²) < 4.78 is 5.96. The number of benzene rings is 2. The molecule has 1 saturated heterocycles. The van der Waals surface area contributed by atoms with Crippen LogP contribution in [0.3, 0.4) is 0 Å². The number of para-hydroxylation sites is 1. The molecule has 4 rings (SSSR count). The predicted molar refractivity (Wildman–Crippen MR) is 155 cm³/mol. The molecule has 2 atom stereocenters. The van der Waals surface area contributed by atoms with Crippen molar-refractivity contribution in [3.05, 3.63) is 65.7 Å². The van der Waals surface area contributed by atoms with E-state index in [2.05, 4.69) is 29.4 Å². The van der Waals surface area contributed by atoms with Gasteiger partial charge in [-0.3, -0.25) is 24.1 Å². The Hall–Kier alpha value is -3.92. The van der Waals surface area contributed by atoms with E-state index in [0.717, 1.165) is 5.56 Å². The van der Waals surface area contributed by atoms with Crippen LogP contribution in [-0.4, -0.2) is 102 Å². The smallest absolute Gasteiger partial charge is 0.255 e. The minimum Gasteiger partial charge on any atom is -0.491 e. The summed E-state index contributed by atoms with van der Waals surface area (Å²) in [6.07, 6.45) is 0.0103. The minimum atomic E-state index is -1.10. The molecule has 1 fully saturated rings. The number of nitrogens with one attached hydrogen (secondary N) is 2. The number of hydrogen-bond acceptors (Lipinski definition) is 6. The molecule has 220 valence electrons. The number of fused-ring (bicyclic) bond motifs is 1. The zero-order valence-corrected chi connectivity index (χ0v) is 24.2. The molecule has 41 heavy (non-hydrogen) atoms. The number of likely N-dealkylation sites (N-methyl/N-ethyl adjacent to an activating group) is 1. The molecule has 0 spiro atoms. The number of hydrogen-bond donors (Lipinski definition) is 2. The van der Waals surface area contributed by atoms with Crippen molar-refractivity contribution in [1.29, 1.82) is 0 Å². The van der Waals surface area contributed by atoms with Gasteiger partial charge in [0, 0.05) is 45.2 Å². The normalized spacial score (nSPS) is 21.4. The summed E-state index contributed by atoms with van der Waals surface area (Å²) >= 11 is 0. The molecule has 2 aromatic rings. The van der Waals surface area contributed by atoms with Gasteiger partial charge < -0.3 is 25.2 Å². The number of carbonyl (C=O) groups excluding carboxylic acids is 4. The Bertz CT molecular complexity index is 1210. The van der Waals surface area contributed by atoms with E-state index in [9.17, 15) is 19.2 Å². The van der Waals surface area contributed by atoms with Crippen LogP contribution in [0.15, 0.2) is 54.6 Å². The van der Waals surface area contributed by atoms with Gasteiger partial charge in [-0.25, -0.2) is 0 Å². The topological polar surface area (TPSA) is 111 Å². The first-order chi connectivity index (χ1) is 19.8. The highest BCUT2D eigenvalue weighted by atomic mass is 16.5. The van der Waals surface area contributed by atoms with Crippen LogP contribution < -0.4 is 15.4 Å². The van der Waals surface area contributed by atoms with E-state index in [4.69, 9.17) is 4.74 Å². The Morgan fingerprint density at radius 2 is 1.61 bits per heavy atom. The lowest BCUT2D eigenvalue weighted by Crippen LogP contribution is -2.57. The Kier molecular flexibility index (Phi) is 10.3. The van der Waals surface area contributed by atoms with E-state index in [1.54, 1.807) is 34.1 Å². The number of ether oxygens (including phenoxy) is 1. The summed E-state index contributed by atoms with van der Waals surface area (Å²) in [4.78, 5) is 59.9. The second-order valence-electron chi connectivity index (χ2n) is 10.8. The van der Waals surface area contributed by atoms with Crippen molar-refractivity contribution in [2.24, 2.45) is 0 Å². The first-order valence-electron chi connectivity index (χ1n) is 14.4. The fraction of sp³-hybridized carbons (Fsp3) is 0.484. The molecule has 0 unspecified atom stereocenters. The number of piperazine rings is 1. The Morgan fingerprint density at radius 1 is 0.927 bits per heavy atom. The summed E-state index contributed by atoms with van der Waals surface area (Å²) in [5, 5.41) is 5.68. The number of nitrogens with zero attached hydrogens (tertiary/aromatic N) is 3. The van der Waals surface area contributed by atoms with Gasteiger partial charge in [0.25, 0.3) is 5.91 Å². The fourth-order valence-corrected chi connectivity index (χ4v) is 5.29. The van der Waals surface area contributed by atoms with Crippen molar-refractivity contribution >= 4 is 23.6 Å². The molecule has 0 aliphatic carbocycles. The molecule has 10 nitrogen and oxygen atoms in total. The minimum absolute atomic E-state index is 0.165. The Morgan fingerprint density at radius 3 is 2.29 bits per heavy atom. The molecule has 0 radical (unpaired) electrons. The van der Waals surface area contributed by atoms with E-state index < -0.39 is 23.9 Å². The highest BCUT2D eigenvalue weighted by Gasteiger charge is 2.33. The molecule has 10 heteroatoms. The predicted octanol–water partition coefficient (Wildman–Crippen LogP) is 1.70. The second-order valence-corrected chi connectivity index (χ2v) is 10.8. The Labute approximate surface area is 242 Å². The maximum atomic E-state index is 13.7. The van der Waals surface area contributed by atoms with E-state index in [0.29, 0.717) is 50.9 Å². The van der Waals surface area contributed by atoms with Crippen LogP contribution in [0.4, 0.5) is 0 Å². The highest BCUT2D eigenvalue weighted by molar-refractivity contribution is 6.01. The lowest BCUT2D eigenvalue weighted by atomic mass is 10.0. The van der Waals surface area contributed by atoms with Crippen LogP contribution in [0.25, 0.3) is 0 Å². The zero-order chi connectivity index (χ0) is 29.4. The average molecular weight is 564 g/mol. The molecule has 4 amide bonds. The molecule has 2 N–H and O–H groups in total. The van der Waals surface area contributed by atoms with Crippen LogP contribution in [-0.2, 0) is 20.8 Å². The van der Waals surface area contributed by atoms with Crippen molar-refractivity contribution in [3.63, 3.8) is 0 Å². The second kappa shape index (κ2) is 14.1. The highest BCUT2D eigenvalue weighted by Crippen LogP contribution is 2.19. The van der Waals surface area contributed by atoms with Crippen LogP contribution in [0.2, 0.25) is 0 Å². The van der Waals surface area contributed by atoms with E-state index in [-0.39, 0.29) is 37.0 Å². The van der Waals surface area contributed by atoms with E-state index in [1.807, 2.05) is 37.3 Å². The number of amides is 4.